The fourth-order valence-corrected chi connectivity index (χ4v) is 2.14. The average molecular weight is 276 g/mol. The molecule has 3 heteroatoms. The van der Waals surface area contributed by atoms with Crippen molar-refractivity contribution in [1.82, 2.24) is 4.57 Å². The molecular formula is C18H16N2O. The topological polar surface area (TPSA) is 26.5 Å². The van der Waals surface area contributed by atoms with Crippen molar-refractivity contribution < 1.29 is 4.74 Å². The monoisotopic (exact) mass is 276 g/mol. The standard InChI is InChI=1S/C18H16N2O/c1-21-17-10-8-16(9-11-17)19-14-15-6-2-3-7-18(15)20-12-4-5-13-20/h2-14H,1H3. The van der Waals surface area contributed by atoms with Crippen molar-refractivity contribution in [2.45, 2.75) is 0 Å². The van der Waals surface area contributed by atoms with Crippen LogP contribution in [0.5, 0.6) is 5.75 Å². The van der Waals surface area contributed by atoms with Crippen molar-refractivity contribution in [2.24, 2.45) is 4.99 Å². The van der Waals surface area contributed by atoms with Crippen molar-refractivity contribution in [3.05, 3.63) is 78.6 Å². The van der Waals surface area contributed by atoms with Crippen LogP contribution < -0.4 is 4.74 Å². The molecule has 0 spiro atoms. The maximum atomic E-state index is 5.14. The Morgan fingerprint density at radius 1 is 0.905 bits per heavy atom. The maximum absolute atomic E-state index is 5.14. The summed E-state index contributed by atoms with van der Waals surface area (Å²) in [5, 5.41) is 0. The minimum absolute atomic E-state index is 0.835. The second-order valence-electron chi connectivity index (χ2n) is 4.61. The average Bonchev–Trinajstić information content (AvgIpc) is 3.08. The third-order valence-corrected chi connectivity index (χ3v) is 3.24. The van der Waals surface area contributed by atoms with Crippen LogP contribution in [0.3, 0.4) is 0 Å². The molecule has 21 heavy (non-hydrogen) atoms. The number of ether oxygens (including phenoxy) is 1. The van der Waals surface area contributed by atoms with Crippen molar-refractivity contribution in [2.75, 3.05) is 7.11 Å². The van der Waals surface area contributed by atoms with Gasteiger partial charge in [0.2, 0.25) is 0 Å². The number of methoxy groups -OCH3 is 1. The molecule has 3 aromatic rings. The summed E-state index contributed by atoms with van der Waals surface area (Å²) in [5.74, 6) is 0.835. The van der Waals surface area contributed by atoms with E-state index in [1.165, 1.54) is 0 Å². The Morgan fingerprint density at radius 3 is 2.33 bits per heavy atom. The highest BCUT2D eigenvalue weighted by Crippen LogP contribution is 2.19. The van der Waals surface area contributed by atoms with Crippen LogP contribution in [0.4, 0.5) is 5.69 Å². The van der Waals surface area contributed by atoms with Gasteiger partial charge in [-0.2, -0.15) is 0 Å². The van der Waals surface area contributed by atoms with Crippen LogP contribution in [-0.2, 0) is 0 Å². The van der Waals surface area contributed by atoms with Gasteiger partial charge in [0.1, 0.15) is 5.75 Å². The predicted octanol–water partition coefficient (Wildman–Crippen LogP) is 4.24. The zero-order chi connectivity index (χ0) is 14.5. The minimum Gasteiger partial charge on any atom is -0.497 e. The lowest BCUT2D eigenvalue weighted by atomic mass is 10.2. The molecule has 0 fully saturated rings. The van der Waals surface area contributed by atoms with E-state index >= 15 is 0 Å². The molecule has 0 atom stereocenters. The molecule has 0 N–H and O–H groups in total. The lowest BCUT2D eigenvalue weighted by molar-refractivity contribution is 0.415. The number of aromatic nitrogens is 1. The van der Waals surface area contributed by atoms with Gasteiger partial charge in [-0.25, -0.2) is 0 Å². The molecule has 1 heterocycles. The summed E-state index contributed by atoms with van der Waals surface area (Å²) in [7, 11) is 1.66. The van der Waals surface area contributed by atoms with E-state index in [2.05, 4.69) is 21.7 Å². The molecule has 2 aromatic carbocycles. The van der Waals surface area contributed by atoms with E-state index in [4.69, 9.17) is 4.74 Å². The number of nitrogens with zero attached hydrogens (tertiary/aromatic N) is 2. The lowest BCUT2D eigenvalue weighted by Crippen LogP contribution is -1.95. The number of para-hydroxylation sites is 1. The predicted molar refractivity (Wildman–Crippen MR) is 86.0 cm³/mol. The van der Waals surface area contributed by atoms with Gasteiger partial charge in [0, 0.05) is 24.2 Å². The smallest absolute Gasteiger partial charge is 0.119 e. The van der Waals surface area contributed by atoms with Gasteiger partial charge in [-0.3, -0.25) is 4.99 Å². The number of benzene rings is 2. The van der Waals surface area contributed by atoms with Gasteiger partial charge >= 0.3 is 0 Å². The molecule has 104 valence electrons. The molecule has 0 aliphatic heterocycles. The normalized spacial score (nSPS) is 10.9. The number of aliphatic imine (C=N–C) groups is 1. The molecule has 0 radical (unpaired) electrons. The molecule has 0 saturated heterocycles. The van der Waals surface area contributed by atoms with Crippen LogP contribution in [0.25, 0.3) is 5.69 Å². The van der Waals surface area contributed by atoms with Crippen LogP contribution in [0.2, 0.25) is 0 Å². The van der Waals surface area contributed by atoms with E-state index in [-0.39, 0.29) is 0 Å². The third-order valence-electron chi connectivity index (χ3n) is 3.24. The third kappa shape index (κ3) is 3.03. The van der Waals surface area contributed by atoms with E-state index in [9.17, 15) is 0 Å². The summed E-state index contributed by atoms with van der Waals surface area (Å²) in [6.07, 6.45) is 5.94. The van der Waals surface area contributed by atoms with Crippen LogP contribution >= 0.6 is 0 Å². The molecule has 0 unspecified atom stereocenters. The van der Waals surface area contributed by atoms with Crippen LogP contribution in [0, 0.1) is 0 Å². The summed E-state index contributed by atoms with van der Waals surface area (Å²) in [5.41, 5.74) is 3.09. The van der Waals surface area contributed by atoms with Crippen molar-refractivity contribution in [3.63, 3.8) is 0 Å². The van der Waals surface area contributed by atoms with E-state index in [0.29, 0.717) is 0 Å². The SMILES string of the molecule is COc1ccc(N=Cc2ccccc2-n2cccc2)cc1. The first-order valence-corrected chi connectivity index (χ1v) is 6.77. The minimum atomic E-state index is 0.835. The van der Waals surface area contributed by atoms with Gasteiger partial charge in [-0.1, -0.05) is 18.2 Å². The van der Waals surface area contributed by atoms with Gasteiger partial charge in [-0.05, 0) is 42.5 Å². The molecule has 0 amide bonds. The lowest BCUT2D eigenvalue weighted by Gasteiger charge is -2.06. The highest BCUT2D eigenvalue weighted by Gasteiger charge is 2.00. The molecule has 1 aromatic heterocycles. The second-order valence-corrected chi connectivity index (χ2v) is 4.61. The van der Waals surface area contributed by atoms with E-state index in [1.807, 2.05) is 67.1 Å². The summed E-state index contributed by atoms with van der Waals surface area (Å²) in [6, 6.07) is 19.9. The largest absolute Gasteiger partial charge is 0.497 e. The van der Waals surface area contributed by atoms with Gasteiger partial charge < -0.3 is 9.30 Å². The quantitative estimate of drug-likeness (QED) is 0.655. The Bertz CT molecular complexity index is 728. The first-order valence-electron chi connectivity index (χ1n) is 6.77. The zero-order valence-electron chi connectivity index (χ0n) is 11.8. The summed E-state index contributed by atoms with van der Waals surface area (Å²) >= 11 is 0. The van der Waals surface area contributed by atoms with Crippen LogP contribution in [0.15, 0.2) is 78.0 Å². The van der Waals surface area contributed by atoms with Crippen LogP contribution in [0.1, 0.15) is 5.56 Å². The number of hydrogen-bond acceptors (Lipinski definition) is 2. The number of rotatable bonds is 4. The Hall–Kier alpha value is -2.81. The van der Waals surface area contributed by atoms with E-state index in [1.54, 1.807) is 7.11 Å². The van der Waals surface area contributed by atoms with E-state index in [0.717, 1.165) is 22.7 Å². The summed E-state index contributed by atoms with van der Waals surface area (Å²) in [4.78, 5) is 4.53. The second kappa shape index (κ2) is 6.09. The van der Waals surface area contributed by atoms with E-state index < -0.39 is 0 Å². The fourth-order valence-electron chi connectivity index (χ4n) is 2.14. The first-order chi connectivity index (χ1) is 10.4. The van der Waals surface area contributed by atoms with Crippen molar-refractivity contribution >= 4 is 11.9 Å². The summed E-state index contributed by atoms with van der Waals surface area (Å²) in [6.45, 7) is 0. The Labute approximate surface area is 124 Å². The fraction of sp³-hybridized carbons (Fsp3) is 0.0556. The maximum Gasteiger partial charge on any atom is 0.119 e. The highest BCUT2D eigenvalue weighted by molar-refractivity contribution is 5.86. The molecule has 0 bridgehead atoms. The van der Waals surface area contributed by atoms with Crippen LogP contribution in [-0.4, -0.2) is 17.9 Å². The Balaban J connectivity index is 1.89. The molecule has 0 saturated carbocycles. The molecule has 3 nitrogen and oxygen atoms in total. The Kier molecular flexibility index (Phi) is 3.83. The molecule has 0 aliphatic carbocycles. The summed E-state index contributed by atoms with van der Waals surface area (Å²) < 4.78 is 7.22. The van der Waals surface area contributed by atoms with Crippen molar-refractivity contribution in [1.29, 1.82) is 0 Å². The highest BCUT2D eigenvalue weighted by atomic mass is 16.5. The zero-order valence-corrected chi connectivity index (χ0v) is 11.8. The number of hydrogen-bond donors (Lipinski definition) is 0. The molecule has 0 aliphatic rings. The van der Waals surface area contributed by atoms with Gasteiger partial charge in [0.15, 0.2) is 0 Å². The van der Waals surface area contributed by atoms with Crippen molar-refractivity contribution in [3.8, 4) is 11.4 Å². The first kappa shape index (κ1) is 13.2. The van der Waals surface area contributed by atoms with Gasteiger partial charge in [0.25, 0.3) is 0 Å². The molecule has 3 rings (SSSR count). The van der Waals surface area contributed by atoms with Gasteiger partial charge in [-0.15, -0.1) is 0 Å². The van der Waals surface area contributed by atoms with Gasteiger partial charge in [0.05, 0.1) is 18.5 Å². The molecular weight excluding hydrogens is 260 g/mol. The Morgan fingerprint density at radius 2 is 1.62 bits per heavy atom.